The predicted octanol–water partition coefficient (Wildman–Crippen LogP) is 2.19. The van der Waals surface area contributed by atoms with Gasteiger partial charge < -0.3 is 14.7 Å². The van der Waals surface area contributed by atoms with E-state index in [9.17, 15) is 14.7 Å². The van der Waals surface area contributed by atoms with Crippen molar-refractivity contribution in [3.63, 3.8) is 0 Å². The van der Waals surface area contributed by atoms with E-state index in [4.69, 9.17) is 4.74 Å². The Morgan fingerprint density at radius 2 is 2.19 bits per heavy atom. The Hall–Kier alpha value is -2.67. The third-order valence-electron chi connectivity index (χ3n) is 4.55. The Kier molecular flexibility index (Phi) is 5.37. The molecule has 0 bridgehead atoms. The van der Waals surface area contributed by atoms with Crippen LogP contribution in [0.15, 0.2) is 36.7 Å². The summed E-state index contributed by atoms with van der Waals surface area (Å²) in [5.41, 5.74) is 2.35. The van der Waals surface area contributed by atoms with E-state index in [2.05, 4.69) is 5.10 Å². The van der Waals surface area contributed by atoms with Gasteiger partial charge in [-0.05, 0) is 30.5 Å². The van der Waals surface area contributed by atoms with Crippen LogP contribution in [0.1, 0.15) is 40.4 Å². The van der Waals surface area contributed by atoms with Crippen molar-refractivity contribution in [2.24, 2.45) is 5.92 Å². The fourth-order valence-electron chi connectivity index (χ4n) is 3.22. The van der Waals surface area contributed by atoms with Gasteiger partial charge in [0.25, 0.3) is 5.91 Å². The number of carbonyl (C=O) groups excluding carboxylic acids is 1. The molecule has 138 valence electrons. The van der Waals surface area contributed by atoms with Gasteiger partial charge in [0.1, 0.15) is 0 Å². The Labute approximate surface area is 152 Å². The van der Waals surface area contributed by atoms with Gasteiger partial charge in [0.15, 0.2) is 0 Å². The molecule has 1 N–H and O–H groups in total. The van der Waals surface area contributed by atoms with Crippen molar-refractivity contribution in [1.82, 2.24) is 14.7 Å². The number of rotatable bonds is 5. The molecule has 2 atom stereocenters. The molecule has 1 aromatic carbocycles. The van der Waals surface area contributed by atoms with Crippen LogP contribution in [0.2, 0.25) is 0 Å². The van der Waals surface area contributed by atoms with Gasteiger partial charge in [-0.1, -0.05) is 12.1 Å². The highest BCUT2D eigenvalue weighted by molar-refractivity contribution is 5.94. The smallest absolute Gasteiger partial charge is 0.309 e. The topological polar surface area (TPSA) is 84.7 Å². The number of aliphatic carboxylic acids is 1. The zero-order chi connectivity index (χ0) is 18.7. The van der Waals surface area contributed by atoms with Crippen molar-refractivity contribution in [2.45, 2.75) is 25.5 Å². The molecule has 7 nitrogen and oxygen atoms in total. The molecule has 3 rings (SSSR count). The third kappa shape index (κ3) is 3.94. The van der Waals surface area contributed by atoms with E-state index in [1.807, 2.05) is 24.4 Å². The Balaban J connectivity index is 1.75. The second-order valence-corrected chi connectivity index (χ2v) is 6.75. The molecule has 2 heterocycles. The van der Waals surface area contributed by atoms with Crippen molar-refractivity contribution in [3.05, 3.63) is 53.3 Å². The van der Waals surface area contributed by atoms with Crippen molar-refractivity contribution in [2.75, 3.05) is 20.7 Å². The molecule has 0 aliphatic carbocycles. The van der Waals surface area contributed by atoms with E-state index in [1.165, 1.54) is 4.90 Å². The first-order valence-electron chi connectivity index (χ1n) is 8.63. The molecule has 1 amide bonds. The summed E-state index contributed by atoms with van der Waals surface area (Å²) in [6, 6.07) is 7.42. The number of hydrogen-bond donors (Lipinski definition) is 1. The maximum Gasteiger partial charge on any atom is 0.309 e. The first-order valence-corrected chi connectivity index (χ1v) is 8.63. The van der Waals surface area contributed by atoms with Gasteiger partial charge in [-0.15, -0.1) is 0 Å². The zero-order valence-corrected chi connectivity index (χ0v) is 15.0. The largest absolute Gasteiger partial charge is 0.481 e. The number of carbonyl (C=O) groups is 2. The molecular weight excluding hydrogens is 334 g/mol. The van der Waals surface area contributed by atoms with Crippen LogP contribution in [-0.4, -0.2) is 52.4 Å². The molecule has 1 aliphatic heterocycles. The maximum absolute atomic E-state index is 12.1. The fraction of sp³-hybridized carbons (Fsp3) is 0.421. The minimum atomic E-state index is -0.836. The zero-order valence-electron chi connectivity index (χ0n) is 15.0. The van der Waals surface area contributed by atoms with Crippen LogP contribution in [0.3, 0.4) is 0 Å². The number of benzene rings is 1. The van der Waals surface area contributed by atoms with Crippen LogP contribution in [0.25, 0.3) is 0 Å². The molecule has 7 heteroatoms. The number of aromatic nitrogens is 2. The molecule has 1 aromatic heterocycles. The lowest BCUT2D eigenvalue weighted by Gasteiger charge is -2.28. The summed E-state index contributed by atoms with van der Waals surface area (Å²) in [6.07, 6.45) is 4.40. The summed E-state index contributed by atoms with van der Waals surface area (Å²) in [7, 11) is 3.44. The second kappa shape index (κ2) is 7.70. The third-order valence-corrected chi connectivity index (χ3v) is 4.55. The summed E-state index contributed by atoms with van der Waals surface area (Å²) in [4.78, 5) is 25.1. The minimum absolute atomic E-state index is 0.0482. The van der Waals surface area contributed by atoms with E-state index in [1.54, 1.807) is 31.0 Å². The van der Waals surface area contributed by atoms with Crippen molar-refractivity contribution in [3.8, 4) is 0 Å². The summed E-state index contributed by atoms with van der Waals surface area (Å²) in [6.45, 7) is 1.06. The quantitative estimate of drug-likeness (QED) is 0.887. The van der Waals surface area contributed by atoms with Crippen LogP contribution < -0.4 is 0 Å². The van der Waals surface area contributed by atoms with Gasteiger partial charge in [0.2, 0.25) is 0 Å². The van der Waals surface area contributed by atoms with Crippen LogP contribution >= 0.6 is 0 Å². The Bertz CT molecular complexity index is 800. The molecule has 0 unspecified atom stereocenters. The van der Waals surface area contributed by atoms with E-state index in [0.29, 0.717) is 25.1 Å². The standard InChI is InChI=1S/C19H23N3O4/c1-21(2)18(23)14-6-3-5-13(9-14)11-22-12-15(10-20-22)17-16(19(24)25)7-4-8-26-17/h3,5-6,9-10,12,16-17H,4,7-8,11H2,1-2H3,(H,24,25)/t16-,17+/m1/s1. The van der Waals surface area contributed by atoms with Gasteiger partial charge >= 0.3 is 5.97 Å². The monoisotopic (exact) mass is 357 g/mol. The van der Waals surface area contributed by atoms with E-state index < -0.39 is 18.0 Å². The molecule has 1 saturated heterocycles. The molecule has 26 heavy (non-hydrogen) atoms. The van der Waals surface area contributed by atoms with Crippen LogP contribution in [0.4, 0.5) is 0 Å². The summed E-state index contributed by atoms with van der Waals surface area (Å²) < 4.78 is 7.44. The predicted molar refractivity (Wildman–Crippen MR) is 94.8 cm³/mol. The Morgan fingerprint density at radius 3 is 2.92 bits per heavy atom. The number of nitrogens with zero attached hydrogens (tertiary/aromatic N) is 3. The van der Waals surface area contributed by atoms with Gasteiger partial charge in [-0.3, -0.25) is 14.3 Å². The molecule has 1 fully saturated rings. The second-order valence-electron chi connectivity index (χ2n) is 6.75. The van der Waals surface area contributed by atoms with Crippen molar-refractivity contribution in [1.29, 1.82) is 0 Å². The van der Waals surface area contributed by atoms with Gasteiger partial charge in [0.05, 0.1) is 24.8 Å². The highest BCUT2D eigenvalue weighted by atomic mass is 16.5. The number of hydrogen-bond acceptors (Lipinski definition) is 4. The summed E-state index contributed by atoms with van der Waals surface area (Å²) in [5.74, 6) is -1.42. The molecule has 0 saturated carbocycles. The lowest BCUT2D eigenvalue weighted by atomic mass is 9.91. The molecule has 0 spiro atoms. The average Bonchev–Trinajstić information content (AvgIpc) is 3.09. The lowest BCUT2D eigenvalue weighted by molar-refractivity contribution is -0.151. The molecule has 0 radical (unpaired) electrons. The van der Waals surface area contributed by atoms with Crippen molar-refractivity contribution >= 4 is 11.9 Å². The normalized spacial score (nSPS) is 19.9. The van der Waals surface area contributed by atoms with E-state index in [0.717, 1.165) is 17.5 Å². The number of carboxylic acids is 1. The molecule has 1 aliphatic rings. The highest BCUT2D eigenvalue weighted by Gasteiger charge is 2.33. The minimum Gasteiger partial charge on any atom is -0.481 e. The Morgan fingerprint density at radius 1 is 1.38 bits per heavy atom. The first kappa shape index (κ1) is 18.1. The average molecular weight is 357 g/mol. The van der Waals surface area contributed by atoms with E-state index in [-0.39, 0.29) is 5.91 Å². The van der Waals surface area contributed by atoms with Gasteiger partial charge in [-0.25, -0.2) is 0 Å². The highest BCUT2D eigenvalue weighted by Crippen LogP contribution is 2.33. The summed E-state index contributed by atoms with van der Waals surface area (Å²) >= 11 is 0. The number of carboxylic acid groups (broad SMARTS) is 1. The molecule has 2 aromatic rings. The SMILES string of the molecule is CN(C)C(=O)c1cccc(Cn2cc([C@@H]3OCCC[C@H]3C(=O)O)cn2)c1. The fourth-order valence-corrected chi connectivity index (χ4v) is 3.22. The van der Waals surface area contributed by atoms with Crippen LogP contribution in [-0.2, 0) is 16.1 Å². The van der Waals surface area contributed by atoms with Crippen molar-refractivity contribution < 1.29 is 19.4 Å². The number of amides is 1. The van der Waals surface area contributed by atoms with Gasteiger partial charge in [0, 0.05) is 38.0 Å². The maximum atomic E-state index is 12.1. The number of ether oxygens (including phenoxy) is 1. The molecular formula is C19H23N3O4. The van der Waals surface area contributed by atoms with E-state index >= 15 is 0 Å². The van der Waals surface area contributed by atoms with Crippen LogP contribution in [0.5, 0.6) is 0 Å². The first-order chi connectivity index (χ1) is 12.5. The summed E-state index contributed by atoms with van der Waals surface area (Å²) in [5, 5.41) is 13.7. The van der Waals surface area contributed by atoms with Crippen LogP contribution in [0, 0.1) is 5.92 Å². The lowest BCUT2D eigenvalue weighted by Crippen LogP contribution is -2.28. The van der Waals surface area contributed by atoms with Gasteiger partial charge in [-0.2, -0.15) is 5.10 Å².